The molecule has 1 N–H and O–H groups in total. The highest BCUT2D eigenvalue weighted by Gasteiger charge is 2.24. The molecule has 0 aliphatic carbocycles. The lowest BCUT2D eigenvalue weighted by atomic mass is 10.0. The van der Waals surface area contributed by atoms with Gasteiger partial charge in [-0.2, -0.15) is 5.10 Å². The molecule has 0 aliphatic rings. The van der Waals surface area contributed by atoms with E-state index in [9.17, 15) is 0 Å². The molecule has 0 aliphatic heterocycles. The Bertz CT molecular complexity index is 593. The number of hydrogen-bond donors (Lipinski definition) is 1. The Kier molecular flexibility index (Phi) is 5.25. The zero-order valence-corrected chi connectivity index (χ0v) is 14.3. The summed E-state index contributed by atoms with van der Waals surface area (Å²) in [7, 11) is 5.23. The summed E-state index contributed by atoms with van der Waals surface area (Å²) < 4.78 is 13.8. The van der Waals surface area contributed by atoms with Crippen molar-refractivity contribution < 1.29 is 9.47 Å². The van der Waals surface area contributed by atoms with Gasteiger partial charge < -0.3 is 14.8 Å². The second-order valence-electron chi connectivity index (χ2n) is 4.57. The number of halogens is 1. The van der Waals surface area contributed by atoms with Gasteiger partial charge in [-0.15, -0.1) is 0 Å². The smallest absolute Gasteiger partial charge is 0.165 e. The maximum absolute atomic E-state index is 5.56. The zero-order chi connectivity index (χ0) is 15.4. The zero-order valence-electron chi connectivity index (χ0n) is 12.7. The summed E-state index contributed by atoms with van der Waals surface area (Å²) in [4.78, 5) is 0. The molecule has 0 amide bonds. The lowest BCUT2D eigenvalue weighted by Gasteiger charge is -2.22. The Balaban J connectivity index is 2.58. The van der Waals surface area contributed by atoms with E-state index in [-0.39, 0.29) is 6.04 Å². The Morgan fingerprint density at radius 3 is 2.62 bits per heavy atom. The molecule has 0 radical (unpaired) electrons. The van der Waals surface area contributed by atoms with Gasteiger partial charge in [-0.3, -0.25) is 4.68 Å². The molecule has 0 fully saturated rings. The van der Waals surface area contributed by atoms with Crippen molar-refractivity contribution >= 4 is 15.9 Å². The molecule has 0 saturated carbocycles. The number of aryl methyl sites for hydroxylation is 1. The molecular weight excluding hydrogens is 334 g/mol. The fourth-order valence-electron chi connectivity index (χ4n) is 2.44. The van der Waals surface area contributed by atoms with E-state index in [1.165, 1.54) is 0 Å². The minimum atomic E-state index is -0.0399. The van der Waals surface area contributed by atoms with E-state index in [0.29, 0.717) is 0 Å². The molecule has 1 aromatic carbocycles. The van der Waals surface area contributed by atoms with E-state index in [1.807, 2.05) is 29.9 Å². The van der Waals surface area contributed by atoms with E-state index in [0.717, 1.165) is 33.8 Å². The van der Waals surface area contributed by atoms with E-state index in [4.69, 9.17) is 9.47 Å². The van der Waals surface area contributed by atoms with Crippen LogP contribution >= 0.6 is 15.9 Å². The second kappa shape index (κ2) is 6.95. The highest BCUT2D eigenvalue weighted by Crippen LogP contribution is 2.38. The van der Waals surface area contributed by atoms with E-state index >= 15 is 0 Å². The topological polar surface area (TPSA) is 48.3 Å². The third-order valence-electron chi connectivity index (χ3n) is 3.36. The molecule has 2 rings (SSSR count). The third kappa shape index (κ3) is 3.06. The number of nitrogens with zero attached hydrogens (tertiary/aromatic N) is 2. The van der Waals surface area contributed by atoms with Crippen LogP contribution in [-0.4, -0.2) is 30.5 Å². The number of nitrogens with one attached hydrogen (secondary N) is 1. The van der Waals surface area contributed by atoms with Crippen molar-refractivity contribution in [3.63, 3.8) is 0 Å². The number of aromatic nitrogens is 2. The van der Waals surface area contributed by atoms with Crippen LogP contribution in [0.25, 0.3) is 0 Å². The van der Waals surface area contributed by atoms with E-state index in [2.05, 4.69) is 33.3 Å². The van der Waals surface area contributed by atoms with Gasteiger partial charge >= 0.3 is 0 Å². The van der Waals surface area contributed by atoms with Crippen molar-refractivity contribution in [2.45, 2.75) is 13.0 Å². The lowest BCUT2D eigenvalue weighted by molar-refractivity contribution is 0.348. The SMILES string of the molecule is CCNC(c1cccc(OC)c1OC)c1c(Br)cnn1C. The normalized spacial score (nSPS) is 12.2. The first-order valence-electron chi connectivity index (χ1n) is 6.75. The molecule has 0 saturated heterocycles. The fraction of sp³-hybridized carbons (Fsp3) is 0.400. The third-order valence-corrected chi connectivity index (χ3v) is 3.97. The molecule has 1 unspecified atom stereocenters. The summed E-state index contributed by atoms with van der Waals surface area (Å²) >= 11 is 3.57. The molecule has 0 spiro atoms. The van der Waals surface area contributed by atoms with Crippen LogP contribution in [0.2, 0.25) is 0 Å². The van der Waals surface area contributed by atoms with Crippen LogP contribution in [0, 0.1) is 0 Å². The molecule has 6 heteroatoms. The van der Waals surface area contributed by atoms with Gasteiger partial charge in [0.2, 0.25) is 0 Å². The van der Waals surface area contributed by atoms with Gasteiger partial charge in [0.25, 0.3) is 0 Å². The van der Waals surface area contributed by atoms with Crippen molar-refractivity contribution in [2.24, 2.45) is 7.05 Å². The van der Waals surface area contributed by atoms with Crippen LogP contribution in [0.4, 0.5) is 0 Å². The van der Waals surface area contributed by atoms with Crippen LogP contribution in [0.3, 0.4) is 0 Å². The lowest BCUT2D eigenvalue weighted by Crippen LogP contribution is -2.25. The first kappa shape index (κ1) is 15.9. The minimum absolute atomic E-state index is 0.0399. The summed E-state index contributed by atoms with van der Waals surface area (Å²) in [5, 5.41) is 7.78. The molecular formula is C15H20BrN3O2. The Hall–Kier alpha value is -1.53. The summed E-state index contributed by atoms with van der Waals surface area (Å²) in [6.07, 6.45) is 1.80. The Labute approximate surface area is 133 Å². The van der Waals surface area contributed by atoms with Gasteiger partial charge in [-0.05, 0) is 28.5 Å². The summed E-state index contributed by atoms with van der Waals surface area (Å²) in [6.45, 7) is 2.90. The Morgan fingerprint density at radius 1 is 1.33 bits per heavy atom. The quantitative estimate of drug-likeness (QED) is 0.867. The van der Waals surface area contributed by atoms with Crippen molar-refractivity contribution in [3.05, 3.63) is 40.1 Å². The molecule has 5 nitrogen and oxygen atoms in total. The van der Waals surface area contributed by atoms with E-state index < -0.39 is 0 Å². The van der Waals surface area contributed by atoms with Gasteiger partial charge in [0.1, 0.15) is 0 Å². The molecule has 21 heavy (non-hydrogen) atoms. The number of benzene rings is 1. The van der Waals surface area contributed by atoms with Gasteiger partial charge in [0.05, 0.1) is 36.6 Å². The summed E-state index contributed by atoms with van der Waals surface area (Å²) in [6, 6.07) is 5.85. The van der Waals surface area contributed by atoms with Crippen molar-refractivity contribution in [1.82, 2.24) is 15.1 Å². The van der Waals surface area contributed by atoms with Crippen LogP contribution in [0.5, 0.6) is 11.5 Å². The molecule has 114 valence electrons. The van der Waals surface area contributed by atoms with E-state index in [1.54, 1.807) is 20.4 Å². The maximum atomic E-state index is 5.56. The van der Waals surface area contributed by atoms with Crippen molar-refractivity contribution in [3.8, 4) is 11.5 Å². The average Bonchev–Trinajstić information content (AvgIpc) is 2.83. The summed E-state index contributed by atoms with van der Waals surface area (Å²) in [5.41, 5.74) is 2.06. The minimum Gasteiger partial charge on any atom is -0.493 e. The van der Waals surface area contributed by atoms with Crippen molar-refractivity contribution in [2.75, 3.05) is 20.8 Å². The molecule has 1 aromatic heterocycles. The summed E-state index contributed by atoms with van der Waals surface area (Å²) in [5.74, 6) is 1.45. The fourth-order valence-corrected chi connectivity index (χ4v) is 3.02. The molecule has 0 bridgehead atoms. The van der Waals surface area contributed by atoms with Gasteiger partial charge in [0.15, 0.2) is 11.5 Å². The number of hydrogen-bond acceptors (Lipinski definition) is 4. The van der Waals surface area contributed by atoms with Crippen LogP contribution < -0.4 is 14.8 Å². The van der Waals surface area contributed by atoms with Crippen molar-refractivity contribution in [1.29, 1.82) is 0 Å². The highest BCUT2D eigenvalue weighted by molar-refractivity contribution is 9.10. The molecule has 2 aromatic rings. The number of rotatable bonds is 6. The first-order chi connectivity index (χ1) is 10.1. The average molecular weight is 354 g/mol. The van der Waals surface area contributed by atoms with Gasteiger partial charge in [0, 0.05) is 12.6 Å². The molecule has 1 heterocycles. The second-order valence-corrected chi connectivity index (χ2v) is 5.43. The predicted octanol–water partition coefficient (Wildman–Crippen LogP) is 2.90. The highest BCUT2D eigenvalue weighted by atomic mass is 79.9. The first-order valence-corrected chi connectivity index (χ1v) is 7.55. The number of ether oxygens (including phenoxy) is 2. The Morgan fingerprint density at radius 2 is 2.10 bits per heavy atom. The standard InChI is InChI=1S/C15H20BrN3O2/c1-5-17-13(14-11(16)9-18-19(14)2)10-7-6-8-12(20-3)15(10)21-4/h6-9,13,17H,5H2,1-4H3. The van der Waals surface area contributed by atoms with Gasteiger partial charge in [-0.25, -0.2) is 0 Å². The van der Waals surface area contributed by atoms with Crippen LogP contribution in [0.1, 0.15) is 24.2 Å². The number of para-hydroxylation sites is 1. The van der Waals surface area contributed by atoms with Gasteiger partial charge in [-0.1, -0.05) is 19.1 Å². The largest absolute Gasteiger partial charge is 0.493 e. The maximum Gasteiger partial charge on any atom is 0.165 e. The number of methoxy groups -OCH3 is 2. The predicted molar refractivity (Wildman–Crippen MR) is 86.0 cm³/mol. The van der Waals surface area contributed by atoms with Crippen LogP contribution in [0.15, 0.2) is 28.9 Å². The molecule has 1 atom stereocenters. The monoisotopic (exact) mass is 353 g/mol. The van der Waals surface area contributed by atoms with Crippen LogP contribution in [-0.2, 0) is 7.05 Å².